The molecule has 2 aromatic heterocycles. The number of nitrogens with zero attached hydrogens (tertiary/aromatic N) is 4. The van der Waals surface area contributed by atoms with E-state index < -0.39 is 36.4 Å². The van der Waals surface area contributed by atoms with Gasteiger partial charge in [0.15, 0.2) is 0 Å². The predicted molar refractivity (Wildman–Crippen MR) is 221 cm³/mol. The number of aromatic nitrogens is 4. The van der Waals surface area contributed by atoms with Gasteiger partial charge in [0.1, 0.15) is 35.8 Å². The van der Waals surface area contributed by atoms with Crippen LogP contribution in [0.5, 0.6) is 0 Å². The largest absolute Gasteiger partial charge is 0.453 e. The summed E-state index contributed by atoms with van der Waals surface area (Å²) < 4.78 is 9.56. The van der Waals surface area contributed by atoms with Gasteiger partial charge in [-0.25, -0.2) is 19.6 Å². The number of rotatable bonds is 10. The summed E-state index contributed by atoms with van der Waals surface area (Å²) in [7, 11) is 2.56. The van der Waals surface area contributed by atoms with Gasteiger partial charge in [-0.3, -0.25) is 9.59 Å². The van der Waals surface area contributed by atoms with E-state index in [0.29, 0.717) is 24.7 Å². The molecule has 4 N–H and O–H groups in total. The molecule has 2 aliphatic rings. The molecule has 0 fully saturated rings. The van der Waals surface area contributed by atoms with E-state index in [1.807, 2.05) is 65.8 Å². The second-order valence-corrected chi connectivity index (χ2v) is 15.9. The lowest BCUT2D eigenvalue weighted by Gasteiger charge is -2.30. The van der Waals surface area contributed by atoms with Crippen molar-refractivity contribution < 1.29 is 28.7 Å². The average molecular weight is 787 g/mol. The van der Waals surface area contributed by atoms with Crippen molar-refractivity contribution in [1.82, 2.24) is 40.4 Å². The highest BCUT2D eigenvalue weighted by Gasteiger charge is 2.38. The Kier molecular flexibility index (Phi) is 11.1. The molecule has 4 atom stereocenters. The number of amides is 4. The molecule has 0 spiro atoms. The highest BCUT2D eigenvalue weighted by molar-refractivity contribution is 5.92. The quantitative estimate of drug-likeness (QED) is 0.108. The number of hydrogen-bond acceptors (Lipinski definition) is 8. The van der Waals surface area contributed by atoms with E-state index in [-0.39, 0.29) is 23.7 Å². The Morgan fingerprint density at radius 2 is 1.19 bits per heavy atom. The fourth-order valence-electron chi connectivity index (χ4n) is 7.77. The number of methoxy groups -OCH3 is 2. The molecule has 0 saturated heterocycles. The van der Waals surface area contributed by atoms with Crippen LogP contribution in [0.4, 0.5) is 9.59 Å². The van der Waals surface area contributed by atoms with Crippen LogP contribution in [0.1, 0.15) is 65.3 Å². The van der Waals surface area contributed by atoms with E-state index in [9.17, 15) is 19.2 Å². The number of carbonyl (C=O) groups excluding carboxylic acids is 4. The third kappa shape index (κ3) is 7.91. The predicted octanol–water partition coefficient (Wildman–Crippen LogP) is 7.19. The first-order valence-corrected chi connectivity index (χ1v) is 19.5. The number of alkyl carbamates (subject to hydrolysis) is 2. The summed E-state index contributed by atoms with van der Waals surface area (Å²) in [5.41, 5.74) is 7.55. The van der Waals surface area contributed by atoms with Crippen molar-refractivity contribution >= 4 is 45.8 Å². The molecule has 0 bridgehead atoms. The average Bonchev–Trinajstić information content (AvgIpc) is 4.03. The van der Waals surface area contributed by atoms with Crippen LogP contribution in [0.25, 0.3) is 44.2 Å². The van der Waals surface area contributed by atoms with Crippen LogP contribution < -0.4 is 10.6 Å². The van der Waals surface area contributed by atoms with Gasteiger partial charge in [-0.05, 0) is 71.8 Å². The van der Waals surface area contributed by atoms with Crippen LogP contribution in [0.2, 0.25) is 0 Å². The Morgan fingerprint density at radius 3 is 1.74 bits per heavy atom. The van der Waals surface area contributed by atoms with Crippen molar-refractivity contribution in [3.63, 3.8) is 0 Å². The number of fused-ring (bicyclic) bond motifs is 2. The van der Waals surface area contributed by atoms with Crippen molar-refractivity contribution in [2.24, 2.45) is 11.8 Å². The molecule has 0 unspecified atom stereocenters. The summed E-state index contributed by atoms with van der Waals surface area (Å²) in [6.45, 7) is 12.4. The Morgan fingerprint density at radius 1 is 0.690 bits per heavy atom. The summed E-state index contributed by atoms with van der Waals surface area (Å²) in [6, 6.07) is 16.4. The molecule has 0 radical (unpaired) electrons. The van der Waals surface area contributed by atoms with Gasteiger partial charge in [-0.1, -0.05) is 81.3 Å². The molecule has 4 heterocycles. The highest BCUT2D eigenvalue weighted by Crippen LogP contribution is 2.35. The minimum atomic E-state index is -0.741. The molecule has 14 nitrogen and oxygen atoms in total. The Hall–Kier alpha value is -6.44. The van der Waals surface area contributed by atoms with Gasteiger partial charge in [-0.2, -0.15) is 0 Å². The molecule has 3 aromatic carbocycles. The zero-order valence-electron chi connectivity index (χ0n) is 34.0. The van der Waals surface area contributed by atoms with E-state index >= 15 is 0 Å². The second kappa shape index (κ2) is 16.2. The molecular weight excluding hydrogens is 737 g/mol. The summed E-state index contributed by atoms with van der Waals surface area (Å²) >= 11 is 0. The zero-order chi connectivity index (χ0) is 41.4. The minimum Gasteiger partial charge on any atom is -0.453 e. The van der Waals surface area contributed by atoms with E-state index in [1.165, 1.54) is 14.2 Å². The number of hydrogen-bond donors (Lipinski definition) is 4. The Labute approximate surface area is 337 Å². The van der Waals surface area contributed by atoms with Crippen LogP contribution in [-0.4, -0.2) is 93.1 Å². The monoisotopic (exact) mass is 786 g/mol. The Bertz CT molecular complexity index is 2460. The van der Waals surface area contributed by atoms with E-state index in [4.69, 9.17) is 19.4 Å². The second-order valence-electron chi connectivity index (χ2n) is 15.9. The van der Waals surface area contributed by atoms with Crippen LogP contribution in [0.3, 0.4) is 0 Å². The first-order chi connectivity index (χ1) is 27.7. The molecular formula is C44H50N8O6. The van der Waals surface area contributed by atoms with E-state index in [1.54, 1.807) is 16.0 Å². The molecule has 14 heteroatoms. The first kappa shape index (κ1) is 39.8. The molecule has 0 saturated carbocycles. The van der Waals surface area contributed by atoms with Crippen LogP contribution in [-0.2, 0) is 19.1 Å². The number of H-pyrrole nitrogens is 2. The molecule has 5 aromatic rings. The van der Waals surface area contributed by atoms with Crippen LogP contribution in [0, 0.1) is 11.8 Å². The fraction of sp³-hybridized carbons (Fsp3) is 0.364. The molecule has 302 valence electrons. The van der Waals surface area contributed by atoms with Gasteiger partial charge >= 0.3 is 12.2 Å². The third-order valence-electron chi connectivity index (χ3n) is 10.9. The van der Waals surface area contributed by atoms with Gasteiger partial charge in [0.25, 0.3) is 0 Å². The number of carbonyl (C=O) groups is 4. The van der Waals surface area contributed by atoms with Gasteiger partial charge in [-0.15, -0.1) is 0 Å². The highest BCUT2D eigenvalue weighted by atomic mass is 16.5. The maximum absolute atomic E-state index is 13.8. The lowest BCUT2D eigenvalue weighted by atomic mass is 9.99. The molecule has 0 aliphatic carbocycles. The minimum absolute atomic E-state index is 0.142. The van der Waals surface area contributed by atoms with Crippen molar-refractivity contribution in [2.75, 3.05) is 27.3 Å². The topological polar surface area (TPSA) is 175 Å². The third-order valence-corrected chi connectivity index (χ3v) is 10.9. The van der Waals surface area contributed by atoms with Crippen molar-refractivity contribution in [2.45, 2.75) is 65.7 Å². The standard InChI is InChI=1S/C44H50N8O6/c1-23(2)37(49-43(55)57-7)41(53)51-21-25(5)15-35(51)39-45-20-34(48-39)31-12-11-27-17-28(9-10-29(27)18-31)30-13-14-32-33(19-30)47-40(46-32)36-16-26(6)22-52(36)42(54)38(24(3)4)50-44(56)58-8/h9-20,23-24,35-38H,21-22H2,1-8H3,(H,45,48)(H,46,47)(H,49,55)(H,50,56)/t35-,36-,37-,38-/m0/s1. The van der Waals surface area contributed by atoms with Crippen LogP contribution in [0.15, 0.2) is 84.1 Å². The molecule has 7 rings (SSSR count). The van der Waals surface area contributed by atoms with E-state index in [0.717, 1.165) is 55.3 Å². The van der Waals surface area contributed by atoms with Gasteiger partial charge < -0.3 is 39.9 Å². The SMILES string of the molecule is COC(=O)N[C@H](C(=O)N1CC(C)=C[C@H]1c1ncc(-c2ccc3cc(-c4ccc5nc([C@@H]6C=C(C)CN6C(=O)[C@@H](NC(=O)OC)C(C)C)[nH]c5c4)ccc3c2)[nH]1)C(C)C. The van der Waals surface area contributed by atoms with Gasteiger partial charge in [0, 0.05) is 18.7 Å². The molecule has 2 aliphatic heterocycles. The van der Waals surface area contributed by atoms with Crippen molar-refractivity contribution in [1.29, 1.82) is 0 Å². The smallest absolute Gasteiger partial charge is 0.407 e. The number of aromatic amines is 2. The normalized spacial score (nSPS) is 17.8. The summed E-state index contributed by atoms with van der Waals surface area (Å²) in [5.74, 6) is 0.613. The number of imidazole rings is 2. The Balaban J connectivity index is 1.09. The maximum atomic E-state index is 13.8. The summed E-state index contributed by atoms with van der Waals surface area (Å²) in [4.78, 5) is 71.5. The first-order valence-electron chi connectivity index (χ1n) is 19.5. The van der Waals surface area contributed by atoms with Gasteiger partial charge in [0.2, 0.25) is 11.8 Å². The number of nitrogens with one attached hydrogen (secondary N) is 4. The fourth-order valence-corrected chi connectivity index (χ4v) is 7.77. The molecule has 58 heavy (non-hydrogen) atoms. The lowest BCUT2D eigenvalue weighted by Crippen LogP contribution is -2.51. The van der Waals surface area contributed by atoms with Gasteiger partial charge in [0.05, 0.1) is 37.1 Å². The van der Waals surface area contributed by atoms with Crippen molar-refractivity contribution in [3.8, 4) is 22.4 Å². The summed E-state index contributed by atoms with van der Waals surface area (Å²) in [5, 5.41) is 7.51. The summed E-state index contributed by atoms with van der Waals surface area (Å²) in [6.07, 6.45) is 4.55. The zero-order valence-corrected chi connectivity index (χ0v) is 34.0. The van der Waals surface area contributed by atoms with Crippen molar-refractivity contribution in [3.05, 3.63) is 95.7 Å². The lowest BCUT2D eigenvalue weighted by molar-refractivity contribution is -0.135. The van der Waals surface area contributed by atoms with E-state index in [2.05, 4.69) is 63.1 Å². The van der Waals surface area contributed by atoms with Crippen LogP contribution >= 0.6 is 0 Å². The maximum Gasteiger partial charge on any atom is 0.407 e. The number of ether oxygens (including phenoxy) is 2. The molecule has 4 amide bonds. The number of benzene rings is 3.